The van der Waals surface area contributed by atoms with E-state index in [1.807, 2.05) is 12.4 Å². The van der Waals surface area contributed by atoms with Gasteiger partial charge in [0.2, 0.25) is 0 Å². The van der Waals surface area contributed by atoms with E-state index in [0.717, 1.165) is 81.0 Å². The standard InChI is InChI=1S/C33H46N2O2.2C2H4O2.Co/c1-7-21(5)26-14-24(9-3)31(36)28(16-26)19-34-30-13-23-11-12-33(30,18-23)35-20-29-17-27(22(6)8-2)15-25(10-4)32(29)37;2*1-2(3)4;/h14-17,19-23,30,36-37H,7-13,18H2,1-6H3;2*1H3,(H,3,4);/q;;;+2/p-2. The molecule has 2 aliphatic rings. The van der Waals surface area contributed by atoms with Gasteiger partial charge in [0, 0.05) is 35.5 Å². The van der Waals surface area contributed by atoms with E-state index in [9.17, 15) is 10.2 Å². The molecule has 2 aromatic rings. The van der Waals surface area contributed by atoms with Crippen LogP contribution in [0.5, 0.6) is 11.5 Å². The summed E-state index contributed by atoms with van der Waals surface area (Å²) in [6.07, 6.45) is 11.9. The normalized spacial score (nSPS) is 21.1. The first-order chi connectivity index (χ1) is 21.2. The molecule has 0 aromatic heterocycles. The van der Waals surface area contributed by atoms with Crippen molar-refractivity contribution in [3.05, 3.63) is 57.6 Å². The molecule has 5 unspecified atom stereocenters. The number of carbonyl (C=O) groups excluding carboxylic acids is 2. The van der Waals surface area contributed by atoms with Gasteiger partial charge in [0.1, 0.15) is 11.5 Å². The Hall–Kier alpha value is -3.17. The SMILES string of the molecule is CC(=O)[O-].CC(=O)[O-].CCc1cc(C(C)CC)cc(C=NC2CC3CCC2(N=Cc2cc(C(C)CC)cc(CC)c2O)C3)c1O.[Co+2]. The fourth-order valence-electron chi connectivity index (χ4n) is 6.23. The number of aliphatic carboxylic acids is 2. The maximum absolute atomic E-state index is 10.9. The van der Waals surface area contributed by atoms with Crippen LogP contribution in [0, 0.1) is 5.92 Å². The average molecular weight is 680 g/mol. The predicted molar refractivity (Wildman–Crippen MR) is 177 cm³/mol. The van der Waals surface area contributed by atoms with Crippen molar-refractivity contribution in [2.45, 2.75) is 130 Å². The second-order valence-electron chi connectivity index (χ2n) is 12.5. The zero-order chi connectivity index (χ0) is 33.9. The Balaban J connectivity index is 0.00000106. The van der Waals surface area contributed by atoms with Gasteiger partial charge in [-0.1, -0.05) is 53.7 Å². The van der Waals surface area contributed by atoms with E-state index in [-0.39, 0.29) is 28.4 Å². The van der Waals surface area contributed by atoms with Crippen molar-refractivity contribution >= 4 is 24.4 Å². The van der Waals surface area contributed by atoms with Crippen LogP contribution in [0.3, 0.4) is 0 Å². The molecule has 2 aliphatic carbocycles. The van der Waals surface area contributed by atoms with Crippen LogP contribution >= 0.6 is 0 Å². The van der Waals surface area contributed by atoms with Gasteiger partial charge in [-0.25, -0.2) is 0 Å². The molecule has 2 fully saturated rings. The first-order valence-electron chi connectivity index (χ1n) is 16.4. The van der Waals surface area contributed by atoms with E-state index < -0.39 is 11.9 Å². The Bertz CT molecular complexity index is 1350. The summed E-state index contributed by atoms with van der Waals surface area (Å²) in [7, 11) is 0. The fraction of sp³-hybridized carbons (Fsp3) is 0.568. The minimum atomic E-state index is -1.08. The number of carbonyl (C=O) groups is 2. The van der Waals surface area contributed by atoms with Crippen LogP contribution in [0.4, 0.5) is 0 Å². The Morgan fingerprint density at radius 3 is 1.70 bits per heavy atom. The van der Waals surface area contributed by atoms with E-state index >= 15 is 0 Å². The zero-order valence-electron chi connectivity index (χ0n) is 28.7. The van der Waals surface area contributed by atoms with Crippen molar-refractivity contribution in [1.29, 1.82) is 0 Å². The molecule has 0 amide bonds. The largest absolute Gasteiger partial charge is 2.00 e. The molecule has 255 valence electrons. The minimum absolute atomic E-state index is 0. The first kappa shape index (κ1) is 40.8. The number of benzene rings is 2. The molecule has 0 saturated heterocycles. The summed E-state index contributed by atoms with van der Waals surface area (Å²) in [6, 6.07) is 8.63. The van der Waals surface area contributed by atoms with Gasteiger partial charge in [-0.15, -0.1) is 0 Å². The summed E-state index contributed by atoms with van der Waals surface area (Å²) >= 11 is 0. The van der Waals surface area contributed by atoms with Crippen LogP contribution in [0.2, 0.25) is 0 Å². The summed E-state index contributed by atoms with van der Waals surface area (Å²) in [5, 5.41) is 39.6. The average Bonchev–Trinajstić information content (AvgIpc) is 3.57. The third kappa shape index (κ3) is 11.0. The Labute approximate surface area is 285 Å². The van der Waals surface area contributed by atoms with Gasteiger partial charge in [0.15, 0.2) is 0 Å². The summed E-state index contributed by atoms with van der Waals surface area (Å²) < 4.78 is 0. The number of aromatic hydroxyl groups is 2. The maximum Gasteiger partial charge on any atom is 2.00 e. The van der Waals surface area contributed by atoms with E-state index in [1.165, 1.54) is 17.5 Å². The van der Waals surface area contributed by atoms with Crippen LogP contribution in [0.1, 0.15) is 139 Å². The molecule has 2 aromatic carbocycles. The smallest absolute Gasteiger partial charge is 0.550 e. The third-order valence-corrected chi connectivity index (χ3v) is 9.26. The van der Waals surface area contributed by atoms with Crippen LogP contribution in [-0.4, -0.2) is 46.2 Å². The van der Waals surface area contributed by atoms with Gasteiger partial charge >= 0.3 is 16.8 Å². The van der Waals surface area contributed by atoms with Crippen molar-refractivity contribution in [3.8, 4) is 11.5 Å². The van der Waals surface area contributed by atoms with Gasteiger partial charge in [-0.3, -0.25) is 9.98 Å². The number of fused-ring (bicyclic) bond motifs is 2. The number of aliphatic imine (C=N–C) groups is 2. The molecule has 1 radical (unpaired) electrons. The van der Waals surface area contributed by atoms with Crippen molar-refractivity contribution in [1.82, 2.24) is 0 Å². The van der Waals surface area contributed by atoms with Gasteiger partial charge in [-0.2, -0.15) is 0 Å². The first-order valence-corrected chi connectivity index (χ1v) is 16.4. The number of phenolic OH excluding ortho intramolecular Hbond substituents is 2. The maximum atomic E-state index is 10.9. The number of nitrogens with zero attached hydrogens (tertiary/aromatic N) is 2. The molecule has 0 aliphatic heterocycles. The molecule has 5 atom stereocenters. The van der Waals surface area contributed by atoms with E-state index in [4.69, 9.17) is 29.8 Å². The van der Waals surface area contributed by atoms with Gasteiger partial charge in [-0.05, 0) is 117 Å². The predicted octanol–water partition coefficient (Wildman–Crippen LogP) is 5.61. The quantitative estimate of drug-likeness (QED) is 0.313. The topological polar surface area (TPSA) is 145 Å². The molecule has 2 bridgehead atoms. The second kappa shape index (κ2) is 18.8. The second-order valence-corrected chi connectivity index (χ2v) is 12.5. The van der Waals surface area contributed by atoms with Crippen molar-refractivity contribution in [3.63, 3.8) is 0 Å². The Kier molecular flexibility index (Phi) is 16.7. The van der Waals surface area contributed by atoms with E-state index in [1.54, 1.807) is 0 Å². The molecule has 9 heteroatoms. The number of hydrogen-bond acceptors (Lipinski definition) is 8. The molecule has 2 saturated carbocycles. The minimum Gasteiger partial charge on any atom is -0.550 e. The van der Waals surface area contributed by atoms with Crippen molar-refractivity contribution in [2.24, 2.45) is 15.9 Å². The molecule has 0 spiro atoms. The number of rotatable bonds is 10. The summed E-state index contributed by atoms with van der Waals surface area (Å²) in [5.74, 6) is 0.0991. The molecule has 2 N–H and O–H groups in total. The summed E-state index contributed by atoms with van der Waals surface area (Å²) in [5.41, 5.74) is 5.95. The van der Waals surface area contributed by atoms with Crippen LogP contribution in [0.25, 0.3) is 0 Å². The van der Waals surface area contributed by atoms with E-state index in [0.29, 0.717) is 29.3 Å². The number of aryl methyl sites for hydroxylation is 2. The Morgan fingerprint density at radius 2 is 1.30 bits per heavy atom. The van der Waals surface area contributed by atoms with Crippen molar-refractivity contribution in [2.75, 3.05) is 0 Å². The number of hydrogen-bond donors (Lipinski definition) is 2. The monoisotopic (exact) mass is 679 g/mol. The van der Waals surface area contributed by atoms with Gasteiger partial charge in [0.25, 0.3) is 0 Å². The molecule has 8 nitrogen and oxygen atoms in total. The third-order valence-electron chi connectivity index (χ3n) is 9.26. The molecule has 0 heterocycles. The Morgan fingerprint density at radius 1 is 0.870 bits per heavy atom. The van der Waals surface area contributed by atoms with Crippen LogP contribution in [-0.2, 0) is 39.2 Å². The summed E-state index contributed by atoms with van der Waals surface area (Å²) in [6.45, 7) is 15.0. The van der Waals surface area contributed by atoms with Crippen LogP contribution in [0.15, 0.2) is 34.3 Å². The summed E-state index contributed by atoms with van der Waals surface area (Å²) in [4.78, 5) is 28.1. The molecule has 46 heavy (non-hydrogen) atoms. The van der Waals surface area contributed by atoms with E-state index in [2.05, 4.69) is 65.8 Å². The van der Waals surface area contributed by atoms with Gasteiger partial charge in [0.05, 0.1) is 11.6 Å². The molecular formula is C37H52CoN2O6. The number of carboxylic acids is 2. The fourth-order valence-corrected chi connectivity index (χ4v) is 6.23. The zero-order valence-corrected chi connectivity index (χ0v) is 29.7. The van der Waals surface area contributed by atoms with Crippen molar-refractivity contribution < 1.29 is 46.8 Å². The van der Waals surface area contributed by atoms with Gasteiger partial charge < -0.3 is 30.0 Å². The number of phenols is 2. The molecule has 4 rings (SSSR count). The number of carboxylic acid groups (broad SMARTS) is 2. The van der Waals surface area contributed by atoms with Crippen LogP contribution < -0.4 is 10.2 Å². The molecular weight excluding hydrogens is 627 g/mol.